The molecule has 0 saturated heterocycles. The van der Waals surface area contributed by atoms with Gasteiger partial charge in [0, 0.05) is 0 Å². The Labute approximate surface area is 129 Å². The molecule has 0 aromatic heterocycles. The fraction of sp³-hybridized carbons (Fsp3) is 0.188. The Bertz CT molecular complexity index is 798. The van der Waals surface area contributed by atoms with Crippen molar-refractivity contribution in [1.82, 2.24) is 0 Å². The smallest absolute Gasteiger partial charge is 0.283 e. The molecule has 0 unspecified atom stereocenters. The molecule has 0 radical (unpaired) electrons. The fourth-order valence-electron chi connectivity index (χ4n) is 2.42. The van der Waals surface area contributed by atoms with Gasteiger partial charge in [-0.3, -0.25) is 0 Å². The summed E-state index contributed by atoms with van der Waals surface area (Å²) in [7, 11) is -3.86. The molecule has 116 valence electrons. The molecule has 0 amide bonds. The van der Waals surface area contributed by atoms with Gasteiger partial charge in [0.2, 0.25) is 0 Å². The van der Waals surface area contributed by atoms with Crippen LogP contribution in [-0.2, 0) is 10.0 Å². The zero-order valence-corrected chi connectivity index (χ0v) is 13.3. The maximum atomic E-state index is 12.5. The van der Waals surface area contributed by atoms with Crippen LogP contribution in [0.4, 0.5) is 0 Å². The van der Waals surface area contributed by atoms with Crippen molar-refractivity contribution in [3.63, 3.8) is 0 Å². The van der Waals surface area contributed by atoms with Crippen molar-refractivity contribution in [2.24, 2.45) is 4.40 Å². The number of allylic oxidation sites excluding steroid dienone is 5. The van der Waals surface area contributed by atoms with Crippen molar-refractivity contribution >= 4 is 15.7 Å². The van der Waals surface area contributed by atoms with Crippen molar-refractivity contribution in [2.45, 2.75) is 25.7 Å². The van der Waals surface area contributed by atoms with E-state index in [2.05, 4.69) is 4.40 Å². The molecular weight excluding hydrogens is 302 g/mol. The molecule has 0 bridgehead atoms. The summed E-state index contributed by atoms with van der Waals surface area (Å²) in [6, 6.07) is 3.57. The van der Waals surface area contributed by atoms with Gasteiger partial charge in [-0.2, -0.15) is 18.8 Å². The molecule has 1 aromatic carbocycles. The topological polar surface area (TPSA) is 92.6 Å². The molecule has 0 N–H and O–H groups in total. The number of aryl methyl sites for hydroxylation is 3. The van der Waals surface area contributed by atoms with Crippen LogP contribution in [0.5, 0.6) is 0 Å². The zero-order valence-electron chi connectivity index (χ0n) is 12.5. The van der Waals surface area contributed by atoms with Crippen LogP contribution in [0.25, 0.3) is 0 Å². The highest BCUT2D eigenvalue weighted by atomic mass is 32.2. The lowest BCUT2D eigenvalue weighted by atomic mass is 10.1. The van der Waals surface area contributed by atoms with Gasteiger partial charge < -0.3 is 10.2 Å². The summed E-state index contributed by atoms with van der Waals surface area (Å²) >= 11 is 0. The highest BCUT2D eigenvalue weighted by Crippen LogP contribution is 2.24. The first-order chi connectivity index (χ1) is 10.2. The van der Waals surface area contributed by atoms with E-state index in [1.54, 1.807) is 26.0 Å². The quantitative estimate of drug-likeness (QED) is 0.754. The van der Waals surface area contributed by atoms with Gasteiger partial charge in [0.25, 0.3) is 10.0 Å². The highest BCUT2D eigenvalue weighted by Gasteiger charge is 2.19. The van der Waals surface area contributed by atoms with E-state index in [0.29, 0.717) is 11.1 Å². The van der Waals surface area contributed by atoms with E-state index in [0.717, 1.165) is 5.56 Å². The molecule has 1 aliphatic carbocycles. The Hall–Kier alpha value is -2.34. The first-order valence-electron chi connectivity index (χ1n) is 6.58. The lowest BCUT2D eigenvalue weighted by molar-refractivity contribution is -0.514. The summed E-state index contributed by atoms with van der Waals surface area (Å²) < 4.78 is 28.7. The van der Waals surface area contributed by atoms with Crippen LogP contribution in [-0.4, -0.2) is 14.1 Å². The molecule has 0 aliphatic heterocycles. The molecule has 1 aromatic rings. The van der Waals surface area contributed by atoms with Crippen LogP contribution in [0, 0.1) is 20.8 Å². The third-order valence-electron chi connectivity index (χ3n) is 3.19. The monoisotopic (exact) mass is 317 g/mol. The van der Waals surface area contributed by atoms with Crippen molar-refractivity contribution in [3.05, 3.63) is 64.6 Å². The first-order valence-corrected chi connectivity index (χ1v) is 8.02. The molecule has 0 saturated carbocycles. The van der Waals surface area contributed by atoms with Crippen LogP contribution >= 0.6 is 0 Å². The Morgan fingerprint density at radius 1 is 0.955 bits per heavy atom. The third kappa shape index (κ3) is 3.28. The summed E-state index contributed by atoms with van der Waals surface area (Å²) in [5.41, 5.74) is 2.39. The minimum Gasteiger partial charge on any atom is -0.884 e. The maximum absolute atomic E-state index is 12.5. The minimum absolute atomic E-state index is 0.0287. The molecule has 0 atom stereocenters. The summed E-state index contributed by atoms with van der Waals surface area (Å²) in [6.07, 6.45) is 5.19. The summed E-state index contributed by atoms with van der Waals surface area (Å²) in [6.45, 7) is 5.34. The van der Waals surface area contributed by atoms with Gasteiger partial charge in [-0.1, -0.05) is 29.8 Å². The molecule has 22 heavy (non-hydrogen) atoms. The van der Waals surface area contributed by atoms with E-state index in [1.165, 1.54) is 24.3 Å². The second-order valence-electron chi connectivity index (χ2n) is 5.13. The summed E-state index contributed by atoms with van der Waals surface area (Å²) in [5.74, 6) is -1.32. The van der Waals surface area contributed by atoms with E-state index in [-0.39, 0.29) is 16.2 Å². The zero-order chi connectivity index (χ0) is 16.5. The van der Waals surface area contributed by atoms with Crippen LogP contribution < -0.4 is 10.2 Å². The van der Waals surface area contributed by atoms with Crippen LogP contribution in [0.15, 0.2) is 57.2 Å². The SMILES string of the molecule is Cc1cc(C)c(S(=O)(=O)N=C2C=CC(=C([O-])[O-])C=C2)c(C)c1. The van der Waals surface area contributed by atoms with Gasteiger partial charge in [0.1, 0.15) is 0 Å². The van der Waals surface area contributed by atoms with Crippen LogP contribution in [0.2, 0.25) is 0 Å². The summed E-state index contributed by atoms with van der Waals surface area (Å²) in [4.78, 5) is 0.182. The number of hydrogen-bond donors (Lipinski definition) is 0. The van der Waals surface area contributed by atoms with Gasteiger partial charge >= 0.3 is 0 Å². The van der Waals surface area contributed by atoms with Gasteiger partial charge in [-0.15, -0.1) is 0 Å². The van der Waals surface area contributed by atoms with E-state index in [4.69, 9.17) is 0 Å². The van der Waals surface area contributed by atoms with E-state index in [1.807, 2.05) is 6.92 Å². The number of sulfonamides is 1. The maximum Gasteiger partial charge on any atom is 0.283 e. The Morgan fingerprint density at radius 2 is 1.45 bits per heavy atom. The minimum atomic E-state index is -3.86. The fourth-order valence-corrected chi connectivity index (χ4v) is 3.84. The highest BCUT2D eigenvalue weighted by molar-refractivity contribution is 7.90. The number of hydrogen-bond acceptors (Lipinski definition) is 4. The molecule has 6 heteroatoms. The summed E-state index contributed by atoms with van der Waals surface area (Å²) in [5, 5.41) is 21.4. The van der Waals surface area contributed by atoms with E-state index >= 15 is 0 Å². The van der Waals surface area contributed by atoms with Crippen molar-refractivity contribution < 1.29 is 18.6 Å². The Kier molecular flexibility index (Phi) is 4.23. The standard InChI is InChI=1S/C16H17NO4S/c1-10-8-11(2)15(12(3)9-10)22(20,21)17-14-6-4-13(5-7-14)16(18)19/h4-9,18-19H,1-3H3/p-2. The van der Waals surface area contributed by atoms with Crippen LogP contribution in [0.1, 0.15) is 16.7 Å². The van der Waals surface area contributed by atoms with Gasteiger partial charge in [0.15, 0.2) is 0 Å². The number of benzene rings is 1. The molecule has 1 aliphatic rings. The van der Waals surface area contributed by atoms with E-state index in [9.17, 15) is 18.6 Å². The lowest BCUT2D eigenvalue weighted by Gasteiger charge is -2.21. The third-order valence-corrected chi connectivity index (χ3v) is 4.80. The Balaban J connectivity index is 2.47. The van der Waals surface area contributed by atoms with Crippen molar-refractivity contribution in [3.8, 4) is 0 Å². The van der Waals surface area contributed by atoms with Gasteiger partial charge in [-0.25, -0.2) is 0 Å². The normalized spacial score (nSPS) is 14.3. The molecular formula is C16H15NO4S-2. The van der Waals surface area contributed by atoms with Gasteiger partial charge in [0.05, 0.1) is 10.6 Å². The number of nitrogens with zero attached hydrogens (tertiary/aromatic N) is 1. The predicted molar refractivity (Wildman–Crippen MR) is 80.6 cm³/mol. The molecule has 0 heterocycles. The van der Waals surface area contributed by atoms with Crippen molar-refractivity contribution in [1.29, 1.82) is 0 Å². The van der Waals surface area contributed by atoms with E-state index < -0.39 is 16.0 Å². The molecule has 5 nitrogen and oxygen atoms in total. The first kappa shape index (κ1) is 16.0. The Morgan fingerprint density at radius 3 is 1.91 bits per heavy atom. The second-order valence-corrected chi connectivity index (χ2v) is 6.67. The average Bonchev–Trinajstić information content (AvgIpc) is 2.36. The van der Waals surface area contributed by atoms with Gasteiger partial charge in [-0.05, 0) is 49.6 Å². The number of rotatable bonds is 2. The molecule has 0 spiro atoms. The van der Waals surface area contributed by atoms with Crippen LogP contribution in [0.3, 0.4) is 0 Å². The van der Waals surface area contributed by atoms with Crippen molar-refractivity contribution in [2.75, 3.05) is 0 Å². The average molecular weight is 317 g/mol. The second kappa shape index (κ2) is 5.81. The lowest BCUT2D eigenvalue weighted by Crippen LogP contribution is -2.20. The molecule has 0 fully saturated rings. The largest absolute Gasteiger partial charge is 0.884 e. The predicted octanol–water partition coefficient (Wildman–Crippen LogP) is 0.800. The molecule has 2 rings (SSSR count).